The fraction of sp³-hybridized carbons (Fsp3) is 0.333. The quantitative estimate of drug-likeness (QED) is 0.772. The Kier molecular flexibility index (Phi) is 3.17. The molecular formula is C15H14BrN3O2. The van der Waals surface area contributed by atoms with Crippen LogP contribution in [0.25, 0.3) is 22.1 Å². The third-order valence-corrected chi connectivity index (χ3v) is 4.33. The third kappa shape index (κ3) is 2.43. The Balaban J connectivity index is 1.74. The average Bonchev–Trinajstić information content (AvgIpc) is 3.02. The monoisotopic (exact) mass is 347 g/mol. The molecule has 21 heavy (non-hydrogen) atoms. The smallest absolute Gasteiger partial charge is 0.172 e. The van der Waals surface area contributed by atoms with E-state index in [0.29, 0.717) is 18.7 Å². The number of aliphatic hydroxyl groups excluding tert-OH is 1. The van der Waals surface area contributed by atoms with Crippen LogP contribution in [0.3, 0.4) is 0 Å². The van der Waals surface area contributed by atoms with Gasteiger partial charge in [-0.25, -0.2) is 9.97 Å². The molecule has 6 heteroatoms. The minimum atomic E-state index is -0.223. The average molecular weight is 348 g/mol. The van der Waals surface area contributed by atoms with Crippen LogP contribution >= 0.6 is 15.9 Å². The van der Waals surface area contributed by atoms with Crippen LogP contribution in [0.2, 0.25) is 0 Å². The van der Waals surface area contributed by atoms with E-state index < -0.39 is 0 Å². The Hall–Kier alpha value is -1.50. The van der Waals surface area contributed by atoms with Crippen LogP contribution in [0.1, 0.15) is 12.2 Å². The van der Waals surface area contributed by atoms with E-state index in [2.05, 4.69) is 30.8 Å². The Labute approximate surface area is 129 Å². The van der Waals surface area contributed by atoms with Gasteiger partial charge < -0.3 is 9.52 Å². The highest BCUT2D eigenvalue weighted by molar-refractivity contribution is 9.10. The number of benzene rings is 1. The van der Waals surface area contributed by atoms with E-state index in [9.17, 15) is 5.11 Å². The van der Waals surface area contributed by atoms with Crippen molar-refractivity contribution in [2.75, 3.05) is 13.1 Å². The Bertz CT molecular complexity index is 817. The molecule has 1 atom stereocenters. The molecule has 1 aromatic carbocycles. The van der Waals surface area contributed by atoms with Crippen LogP contribution in [0.5, 0.6) is 0 Å². The predicted octanol–water partition coefficient (Wildman–Crippen LogP) is 2.71. The zero-order chi connectivity index (χ0) is 14.4. The first-order valence-electron chi connectivity index (χ1n) is 6.93. The summed E-state index contributed by atoms with van der Waals surface area (Å²) in [6, 6.07) is 5.89. The van der Waals surface area contributed by atoms with E-state index in [4.69, 9.17) is 4.42 Å². The van der Waals surface area contributed by atoms with Crippen LogP contribution in [-0.2, 0) is 6.54 Å². The molecule has 0 bridgehead atoms. The van der Waals surface area contributed by atoms with Gasteiger partial charge in [0.2, 0.25) is 0 Å². The highest BCUT2D eigenvalue weighted by Crippen LogP contribution is 2.29. The predicted molar refractivity (Wildman–Crippen MR) is 82.9 cm³/mol. The van der Waals surface area contributed by atoms with E-state index in [1.165, 1.54) is 0 Å². The topological polar surface area (TPSA) is 62.4 Å². The van der Waals surface area contributed by atoms with Crippen LogP contribution in [0.4, 0.5) is 0 Å². The number of fused-ring (bicyclic) bond motifs is 3. The van der Waals surface area contributed by atoms with E-state index in [1.54, 1.807) is 6.20 Å². The Morgan fingerprint density at radius 3 is 3.10 bits per heavy atom. The van der Waals surface area contributed by atoms with E-state index >= 15 is 0 Å². The number of likely N-dealkylation sites (tertiary alicyclic amines) is 1. The van der Waals surface area contributed by atoms with Crippen molar-refractivity contribution in [2.24, 2.45) is 0 Å². The summed E-state index contributed by atoms with van der Waals surface area (Å²) in [5, 5.41) is 10.6. The maximum atomic E-state index is 9.59. The zero-order valence-corrected chi connectivity index (χ0v) is 12.9. The summed E-state index contributed by atoms with van der Waals surface area (Å²) in [6.45, 7) is 2.24. The number of β-amino-alcohol motifs (C(OH)–C–C–N with tert-alkyl or cyclic N) is 1. The molecule has 0 spiro atoms. The first-order chi connectivity index (χ1) is 10.2. The Morgan fingerprint density at radius 2 is 2.29 bits per heavy atom. The molecule has 0 saturated carbocycles. The first kappa shape index (κ1) is 13.2. The van der Waals surface area contributed by atoms with Crippen molar-refractivity contribution in [2.45, 2.75) is 19.1 Å². The minimum absolute atomic E-state index is 0.223. The van der Waals surface area contributed by atoms with Gasteiger partial charge in [-0.1, -0.05) is 15.9 Å². The zero-order valence-electron chi connectivity index (χ0n) is 11.3. The maximum absolute atomic E-state index is 9.59. The molecule has 0 radical (unpaired) electrons. The minimum Gasteiger partial charge on any atom is -0.453 e. The molecule has 0 aliphatic carbocycles. The van der Waals surface area contributed by atoms with E-state index in [-0.39, 0.29) is 6.10 Å². The normalized spacial score (nSPS) is 19.8. The van der Waals surface area contributed by atoms with Gasteiger partial charge in [-0.3, -0.25) is 4.90 Å². The molecule has 1 N–H and O–H groups in total. The highest BCUT2D eigenvalue weighted by Gasteiger charge is 2.21. The molecule has 0 amide bonds. The summed E-state index contributed by atoms with van der Waals surface area (Å²) in [6.07, 6.45) is 2.33. The van der Waals surface area contributed by atoms with Crippen molar-refractivity contribution in [3.05, 3.63) is 34.7 Å². The van der Waals surface area contributed by atoms with Crippen LogP contribution in [0, 0.1) is 0 Å². The largest absolute Gasteiger partial charge is 0.453 e. The second kappa shape index (κ2) is 5.05. The summed E-state index contributed by atoms with van der Waals surface area (Å²) in [7, 11) is 0. The van der Waals surface area contributed by atoms with Gasteiger partial charge in [-0.2, -0.15) is 0 Å². The Morgan fingerprint density at radius 1 is 1.38 bits per heavy atom. The molecule has 1 aliphatic rings. The van der Waals surface area contributed by atoms with Gasteiger partial charge >= 0.3 is 0 Å². The first-order valence-corrected chi connectivity index (χ1v) is 7.72. The number of halogens is 1. The molecule has 1 saturated heterocycles. The van der Waals surface area contributed by atoms with Gasteiger partial charge in [0.1, 0.15) is 16.9 Å². The van der Waals surface area contributed by atoms with E-state index in [1.807, 2.05) is 18.2 Å². The van der Waals surface area contributed by atoms with Crippen molar-refractivity contribution < 1.29 is 9.52 Å². The summed E-state index contributed by atoms with van der Waals surface area (Å²) >= 11 is 3.48. The maximum Gasteiger partial charge on any atom is 0.172 e. The van der Waals surface area contributed by atoms with Crippen molar-refractivity contribution in [3.8, 4) is 0 Å². The van der Waals surface area contributed by atoms with Crippen molar-refractivity contribution in [3.63, 3.8) is 0 Å². The summed E-state index contributed by atoms with van der Waals surface area (Å²) in [5.74, 6) is 0.763. The molecule has 1 aliphatic heterocycles. The lowest BCUT2D eigenvalue weighted by atomic mass is 10.2. The van der Waals surface area contributed by atoms with Crippen LogP contribution in [-0.4, -0.2) is 39.2 Å². The number of aliphatic hydroxyl groups is 1. The fourth-order valence-electron chi connectivity index (χ4n) is 2.80. The van der Waals surface area contributed by atoms with Gasteiger partial charge in [-0.15, -0.1) is 0 Å². The highest BCUT2D eigenvalue weighted by atomic mass is 79.9. The molecule has 2 aromatic heterocycles. The molecule has 108 valence electrons. The fourth-order valence-corrected chi connectivity index (χ4v) is 3.16. The molecule has 3 heterocycles. The second-order valence-electron chi connectivity index (χ2n) is 5.42. The van der Waals surface area contributed by atoms with Crippen LogP contribution < -0.4 is 0 Å². The van der Waals surface area contributed by atoms with Gasteiger partial charge in [0, 0.05) is 22.9 Å². The van der Waals surface area contributed by atoms with Crippen molar-refractivity contribution >= 4 is 38.0 Å². The summed E-state index contributed by atoms with van der Waals surface area (Å²) in [4.78, 5) is 11.2. The SMILES string of the molecule is O[C@@H]1CCN(Cc2ncc3oc4ccc(Br)cc4c3n2)C1. The molecular weight excluding hydrogens is 334 g/mol. The van der Waals surface area contributed by atoms with Crippen molar-refractivity contribution in [1.29, 1.82) is 0 Å². The van der Waals surface area contributed by atoms with Gasteiger partial charge in [0.05, 0.1) is 18.8 Å². The number of hydrogen-bond donors (Lipinski definition) is 1. The van der Waals surface area contributed by atoms with E-state index in [0.717, 1.165) is 39.7 Å². The van der Waals surface area contributed by atoms with Gasteiger partial charge in [-0.05, 0) is 24.6 Å². The number of furan rings is 1. The standard InChI is InChI=1S/C15H14BrN3O2/c16-9-1-2-12-11(5-9)15-13(21-12)6-17-14(18-15)8-19-4-3-10(20)7-19/h1-2,5-6,10,20H,3-4,7-8H2/t10-/m1/s1. The number of nitrogens with zero attached hydrogens (tertiary/aromatic N) is 3. The van der Waals surface area contributed by atoms with Crippen LogP contribution in [0.15, 0.2) is 33.3 Å². The molecule has 3 aromatic rings. The van der Waals surface area contributed by atoms with Gasteiger partial charge in [0.15, 0.2) is 5.58 Å². The van der Waals surface area contributed by atoms with Crippen molar-refractivity contribution in [1.82, 2.24) is 14.9 Å². The van der Waals surface area contributed by atoms with Gasteiger partial charge in [0.25, 0.3) is 0 Å². The third-order valence-electron chi connectivity index (χ3n) is 3.83. The lowest BCUT2D eigenvalue weighted by Crippen LogP contribution is -2.22. The number of hydrogen-bond acceptors (Lipinski definition) is 5. The lowest BCUT2D eigenvalue weighted by molar-refractivity contribution is 0.174. The summed E-state index contributed by atoms with van der Waals surface area (Å²) < 4.78 is 6.75. The molecule has 5 nitrogen and oxygen atoms in total. The number of rotatable bonds is 2. The lowest BCUT2D eigenvalue weighted by Gasteiger charge is -2.12. The number of aromatic nitrogens is 2. The molecule has 0 unspecified atom stereocenters. The summed E-state index contributed by atoms with van der Waals surface area (Å²) in [5.41, 5.74) is 2.36. The molecule has 4 rings (SSSR count). The second-order valence-corrected chi connectivity index (χ2v) is 6.33. The molecule has 1 fully saturated rings.